The molecule has 6 heteroatoms. The van der Waals surface area contributed by atoms with Gasteiger partial charge in [-0.05, 0) is 30.5 Å². The number of carbonyl (C=O) groups is 1. The number of ether oxygens (including phenoxy) is 1. The van der Waals surface area contributed by atoms with E-state index in [1.54, 1.807) is 4.90 Å². The van der Waals surface area contributed by atoms with Crippen molar-refractivity contribution in [3.63, 3.8) is 0 Å². The molecule has 0 radical (unpaired) electrons. The Kier molecular flexibility index (Phi) is 5.55. The molecule has 0 aromatic heterocycles. The lowest BCUT2D eigenvalue weighted by atomic mass is 9.46. The minimum absolute atomic E-state index is 0. The van der Waals surface area contributed by atoms with Crippen molar-refractivity contribution in [3.05, 3.63) is 34.9 Å². The minimum atomic E-state index is -0.848. The van der Waals surface area contributed by atoms with Crippen LogP contribution in [0.1, 0.15) is 32.3 Å². The molecule has 3 atom stereocenters. The van der Waals surface area contributed by atoms with Gasteiger partial charge in [0.1, 0.15) is 5.54 Å². The molecule has 1 amide bonds. The fraction of sp³-hybridized carbons (Fsp3) is 0.611. The summed E-state index contributed by atoms with van der Waals surface area (Å²) in [5.41, 5.74) is 6.52. The van der Waals surface area contributed by atoms with Gasteiger partial charge in [0, 0.05) is 36.6 Å². The van der Waals surface area contributed by atoms with Crippen molar-refractivity contribution in [1.82, 2.24) is 4.90 Å². The van der Waals surface area contributed by atoms with Gasteiger partial charge in [-0.2, -0.15) is 0 Å². The molecule has 0 spiro atoms. The Bertz CT molecular complexity index is 606. The second-order valence-corrected chi connectivity index (χ2v) is 7.85. The van der Waals surface area contributed by atoms with E-state index in [0.29, 0.717) is 11.6 Å². The van der Waals surface area contributed by atoms with Crippen LogP contribution in [0, 0.1) is 11.3 Å². The predicted octanol–water partition coefficient (Wildman–Crippen LogP) is 3.25. The molecular formula is C18H26Cl2N2O2. The first-order chi connectivity index (χ1) is 10.8. The van der Waals surface area contributed by atoms with Crippen molar-refractivity contribution < 1.29 is 9.53 Å². The molecule has 1 aliphatic heterocycles. The van der Waals surface area contributed by atoms with Crippen LogP contribution in [0.3, 0.4) is 0 Å². The normalized spacial score (nSPS) is 30.5. The van der Waals surface area contributed by atoms with Crippen LogP contribution in [0.25, 0.3) is 0 Å². The summed E-state index contributed by atoms with van der Waals surface area (Å²) in [6, 6.07) is 7.55. The summed E-state index contributed by atoms with van der Waals surface area (Å²) in [6.45, 7) is 5.40. The highest BCUT2D eigenvalue weighted by atomic mass is 35.5. The fourth-order valence-electron chi connectivity index (χ4n) is 4.26. The topological polar surface area (TPSA) is 55.6 Å². The first-order valence-corrected chi connectivity index (χ1v) is 8.57. The van der Waals surface area contributed by atoms with Gasteiger partial charge in [-0.25, -0.2) is 0 Å². The summed E-state index contributed by atoms with van der Waals surface area (Å²) in [6.07, 6.45) is 2.03. The van der Waals surface area contributed by atoms with E-state index in [-0.39, 0.29) is 35.8 Å². The van der Waals surface area contributed by atoms with E-state index in [0.717, 1.165) is 25.0 Å². The number of fused-ring (bicyclic) bond motifs is 1. The first kappa shape index (κ1) is 19.5. The molecule has 24 heavy (non-hydrogen) atoms. The van der Waals surface area contributed by atoms with Crippen LogP contribution in [0.5, 0.6) is 0 Å². The number of rotatable bonds is 3. The number of nitrogens with two attached hydrogens (primary N) is 1. The van der Waals surface area contributed by atoms with E-state index in [1.165, 1.54) is 0 Å². The third kappa shape index (κ3) is 2.84. The van der Waals surface area contributed by atoms with E-state index in [2.05, 4.69) is 0 Å². The van der Waals surface area contributed by atoms with Crippen LogP contribution in [-0.2, 0) is 16.1 Å². The third-order valence-corrected chi connectivity index (χ3v) is 5.97. The van der Waals surface area contributed by atoms with Crippen LogP contribution in [0.4, 0.5) is 0 Å². The lowest BCUT2D eigenvalue weighted by Crippen LogP contribution is -2.82. The first-order valence-electron chi connectivity index (χ1n) is 8.19. The maximum Gasteiger partial charge on any atom is 0.243 e. The number of nitrogens with zero attached hydrogens (tertiary/aromatic N) is 1. The summed E-state index contributed by atoms with van der Waals surface area (Å²) >= 11 is 5.91. The molecule has 1 aromatic carbocycles. The largest absolute Gasteiger partial charge is 0.377 e. The second-order valence-electron chi connectivity index (χ2n) is 7.42. The summed E-state index contributed by atoms with van der Waals surface area (Å²) in [7, 11) is 1.82. The smallest absolute Gasteiger partial charge is 0.243 e. The van der Waals surface area contributed by atoms with Crippen molar-refractivity contribution in [3.8, 4) is 0 Å². The van der Waals surface area contributed by atoms with E-state index >= 15 is 0 Å². The minimum Gasteiger partial charge on any atom is -0.377 e. The molecular weight excluding hydrogens is 347 g/mol. The van der Waals surface area contributed by atoms with Gasteiger partial charge in [-0.1, -0.05) is 37.6 Å². The van der Waals surface area contributed by atoms with E-state index < -0.39 is 5.54 Å². The highest BCUT2D eigenvalue weighted by molar-refractivity contribution is 6.30. The highest BCUT2D eigenvalue weighted by Gasteiger charge is 2.70. The Morgan fingerprint density at radius 1 is 1.38 bits per heavy atom. The van der Waals surface area contributed by atoms with E-state index in [1.807, 2.05) is 45.2 Å². The maximum absolute atomic E-state index is 13.1. The summed E-state index contributed by atoms with van der Waals surface area (Å²) in [5.74, 6) is 0.121. The Labute approximate surface area is 155 Å². The zero-order valence-corrected chi connectivity index (χ0v) is 16.0. The van der Waals surface area contributed by atoms with Gasteiger partial charge < -0.3 is 15.4 Å². The Balaban J connectivity index is 0.00000208. The number of amides is 1. The number of halogens is 2. The molecule has 1 saturated heterocycles. The SMILES string of the molecule is CN(Cc1ccc(Cl)cc1)C(=O)C1(N)C2CCCOC2C1(C)C.Cl. The van der Waals surface area contributed by atoms with Crippen LogP contribution in [0.2, 0.25) is 5.02 Å². The van der Waals surface area contributed by atoms with Crippen molar-refractivity contribution in [2.45, 2.75) is 44.9 Å². The highest BCUT2D eigenvalue weighted by Crippen LogP contribution is 2.57. The van der Waals surface area contributed by atoms with Crippen LogP contribution in [0.15, 0.2) is 24.3 Å². The maximum atomic E-state index is 13.1. The quantitative estimate of drug-likeness (QED) is 0.885. The zero-order valence-electron chi connectivity index (χ0n) is 14.4. The van der Waals surface area contributed by atoms with Crippen molar-refractivity contribution >= 4 is 29.9 Å². The standard InChI is InChI=1S/C18H25ClN2O2.ClH/c1-17(2)15-14(5-4-10-23-15)18(17,20)16(22)21(3)11-12-6-8-13(19)9-7-12;/h6-9,14-15H,4-5,10-11,20H2,1-3H3;1H. The monoisotopic (exact) mass is 372 g/mol. The molecule has 2 fully saturated rings. The van der Waals surface area contributed by atoms with Gasteiger partial charge in [0.2, 0.25) is 5.91 Å². The molecule has 3 unspecified atom stereocenters. The number of likely N-dealkylation sites (N-methyl/N-ethyl adjacent to an activating group) is 1. The summed E-state index contributed by atoms with van der Waals surface area (Å²) in [5, 5.41) is 0.695. The lowest BCUT2D eigenvalue weighted by Gasteiger charge is -2.65. The number of benzene rings is 1. The average molecular weight is 373 g/mol. The molecule has 134 valence electrons. The molecule has 2 aliphatic rings. The summed E-state index contributed by atoms with van der Waals surface area (Å²) in [4.78, 5) is 14.8. The molecule has 4 nitrogen and oxygen atoms in total. The van der Waals surface area contributed by atoms with Crippen molar-refractivity contribution in [2.75, 3.05) is 13.7 Å². The average Bonchev–Trinajstić information content (AvgIpc) is 2.55. The van der Waals surface area contributed by atoms with Gasteiger partial charge in [0.25, 0.3) is 0 Å². The van der Waals surface area contributed by atoms with Crippen LogP contribution < -0.4 is 5.73 Å². The van der Waals surface area contributed by atoms with Gasteiger partial charge in [0.05, 0.1) is 6.10 Å². The molecule has 1 heterocycles. The molecule has 2 N–H and O–H groups in total. The van der Waals surface area contributed by atoms with Crippen molar-refractivity contribution in [1.29, 1.82) is 0 Å². The molecule has 1 aliphatic carbocycles. The zero-order chi connectivity index (χ0) is 16.8. The number of hydrogen-bond acceptors (Lipinski definition) is 3. The summed E-state index contributed by atoms with van der Waals surface area (Å²) < 4.78 is 5.88. The van der Waals surface area contributed by atoms with Gasteiger partial charge >= 0.3 is 0 Å². The molecule has 0 bridgehead atoms. The van der Waals surface area contributed by atoms with Crippen LogP contribution in [-0.4, -0.2) is 36.1 Å². The third-order valence-electron chi connectivity index (χ3n) is 5.72. The number of carbonyl (C=O) groups excluding carboxylic acids is 1. The van der Waals surface area contributed by atoms with E-state index in [9.17, 15) is 4.79 Å². The second kappa shape index (κ2) is 6.83. The fourth-order valence-corrected chi connectivity index (χ4v) is 4.39. The predicted molar refractivity (Wildman–Crippen MR) is 98.3 cm³/mol. The Morgan fingerprint density at radius 2 is 2.00 bits per heavy atom. The van der Waals surface area contributed by atoms with Gasteiger partial charge in [-0.15, -0.1) is 12.4 Å². The lowest BCUT2D eigenvalue weighted by molar-refractivity contribution is -0.229. The molecule has 3 rings (SSSR count). The van der Waals surface area contributed by atoms with Crippen molar-refractivity contribution in [2.24, 2.45) is 17.1 Å². The Hall–Kier alpha value is -0.810. The Morgan fingerprint density at radius 3 is 2.62 bits per heavy atom. The molecule has 1 aromatic rings. The van der Waals surface area contributed by atoms with Crippen LogP contribution >= 0.6 is 24.0 Å². The molecule has 1 saturated carbocycles. The number of hydrogen-bond donors (Lipinski definition) is 1. The van der Waals surface area contributed by atoms with Gasteiger partial charge in [-0.3, -0.25) is 4.79 Å². The van der Waals surface area contributed by atoms with E-state index in [4.69, 9.17) is 22.1 Å². The van der Waals surface area contributed by atoms with Gasteiger partial charge in [0.15, 0.2) is 0 Å².